The van der Waals surface area contributed by atoms with Gasteiger partial charge in [-0.15, -0.1) is 0 Å². The SMILES string of the molecule is CC(=O)Sc1ccccc1C(=O)NC1CCCCC1. The van der Waals surface area contributed by atoms with Crippen LogP contribution in [0.3, 0.4) is 0 Å². The number of rotatable bonds is 3. The van der Waals surface area contributed by atoms with Crippen LogP contribution in [-0.2, 0) is 4.79 Å². The lowest BCUT2D eigenvalue weighted by Crippen LogP contribution is -2.36. The van der Waals surface area contributed by atoms with Gasteiger partial charge in [-0.05, 0) is 25.0 Å². The first kappa shape index (κ1) is 14.1. The summed E-state index contributed by atoms with van der Waals surface area (Å²) in [6.45, 7) is 1.51. The fraction of sp³-hybridized carbons (Fsp3) is 0.467. The highest BCUT2D eigenvalue weighted by molar-refractivity contribution is 8.13. The molecule has 2 rings (SSSR count). The molecule has 19 heavy (non-hydrogen) atoms. The summed E-state index contributed by atoms with van der Waals surface area (Å²) < 4.78 is 0. The highest BCUT2D eigenvalue weighted by Crippen LogP contribution is 2.24. The minimum atomic E-state index is -0.0590. The molecular formula is C15H19NO2S. The normalized spacial score (nSPS) is 16.1. The van der Waals surface area contributed by atoms with Gasteiger partial charge in [0.05, 0.1) is 5.56 Å². The molecule has 0 heterocycles. The third-order valence-electron chi connectivity index (χ3n) is 3.33. The van der Waals surface area contributed by atoms with Gasteiger partial charge in [0.1, 0.15) is 0 Å². The lowest BCUT2D eigenvalue weighted by molar-refractivity contribution is -0.109. The van der Waals surface area contributed by atoms with Gasteiger partial charge < -0.3 is 5.32 Å². The highest BCUT2D eigenvalue weighted by atomic mass is 32.2. The van der Waals surface area contributed by atoms with Crippen molar-refractivity contribution in [2.24, 2.45) is 0 Å². The zero-order chi connectivity index (χ0) is 13.7. The van der Waals surface area contributed by atoms with Crippen molar-refractivity contribution in [3.8, 4) is 0 Å². The van der Waals surface area contributed by atoms with E-state index in [-0.39, 0.29) is 17.1 Å². The van der Waals surface area contributed by atoms with Crippen LogP contribution >= 0.6 is 11.8 Å². The van der Waals surface area contributed by atoms with Crippen LogP contribution in [0.25, 0.3) is 0 Å². The Balaban J connectivity index is 2.07. The molecule has 102 valence electrons. The predicted octanol–water partition coefficient (Wildman–Crippen LogP) is 3.39. The summed E-state index contributed by atoms with van der Waals surface area (Å²) in [5, 5.41) is 3.08. The van der Waals surface area contributed by atoms with Crippen molar-refractivity contribution in [1.29, 1.82) is 0 Å². The lowest BCUT2D eigenvalue weighted by atomic mass is 9.95. The van der Waals surface area contributed by atoms with E-state index in [0.717, 1.165) is 29.5 Å². The summed E-state index contributed by atoms with van der Waals surface area (Å²) in [4.78, 5) is 24.2. The Labute approximate surface area is 118 Å². The molecule has 1 saturated carbocycles. The molecule has 1 aliphatic rings. The minimum Gasteiger partial charge on any atom is -0.349 e. The summed E-state index contributed by atoms with van der Waals surface area (Å²) in [6, 6.07) is 7.57. The molecule has 0 unspecified atom stereocenters. The van der Waals surface area contributed by atoms with Gasteiger partial charge in [0.15, 0.2) is 5.12 Å². The molecule has 0 aromatic heterocycles. The Morgan fingerprint density at radius 3 is 2.53 bits per heavy atom. The largest absolute Gasteiger partial charge is 0.349 e. The van der Waals surface area contributed by atoms with Crippen LogP contribution in [-0.4, -0.2) is 17.1 Å². The van der Waals surface area contributed by atoms with Gasteiger partial charge in [0.2, 0.25) is 0 Å². The van der Waals surface area contributed by atoms with Crippen molar-refractivity contribution >= 4 is 22.8 Å². The second-order valence-corrected chi connectivity index (χ2v) is 6.12. The molecule has 1 aromatic carbocycles. The third kappa shape index (κ3) is 4.10. The van der Waals surface area contributed by atoms with E-state index in [4.69, 9.17) is 0 Å². The standard InChI is InChI=1S/C15H19NO2S/c1-11(17)19-14-10-6-5-9-13(14)15(18)16-12-7-3-2-4-8-12/h5-6,9-10,12H,2-4,7-8H2,1H3,(H,16,18). The molecule has 0 radical (unpaired) electrons. The van der Waals surface area contributed by atoms with Gasteiger partial charge in [-0.25, -0.2) is 0 Å². The first-order valence-electron chi connectivity index (χ1n) is 6.75. The zero-order valence-corrected chi connectivity index (χ0v) is 12.0. The lowest BCUT2D eigenvalue weighted by Gasteiger charge is -2.23. The Morgan fingerprint density at radius 2 is 1.84 bits per heavy atom. The van der Waals surface area contributed by atoms with Crippen LogP contribution in [0, 0.1) is 0 Å². The average Bonchev–Trinajstić information content (AvgIpc) is 2.39. The van der Waals surface area contributed by atoms with Gasteiger partial charge in [-0.1, -0.05) is 43.2 Å². The Bertz CT molecular complexity index is 467. The molecule has 1 amide bonds. The highest BCUT2D eigenvalue weighted by Gasteiger charge is 2.18. The maximum atomic E-state index is 12.3. The first-order valence-corrected chi connectivity index (χ1v) is 7.57. The predicted molar refractivity (Wildman–Crippen MR) is 77.3 cm³/mol. The molecule has 0 aliphatic heterocycles. The quantitative estimate of drug-likeness (QED) is 0.861. The van der Waals surface area contributed by atoms with Crippen molar-refractivity contribution in [3.05, 3.63) is 29.8 Å². The Hall–Kier alpha value is -1.29. The molecule has 1 N–H and O–H groups in total. The molecule has 0 saturated heterocycles. The maximum absolute atomic E-state index is 12.3. The molecule has 0 bridgehead atoms. The van der Waals surface area contributed by atoms with Gasteiger partial charge >= 0.3 is 0 Å². The summed E-state index contributed by atoms with van der Waals surface area (Å²) in [5.41, 5.74) is 0.605. The van der Waals surface area contributed by atoms with E-state index in [1.165, 1.54) is 26.2 Å². The zero-order valence-electron chi connectivity index (χ0n) is 11.1. The summed E-state index contributed by atoms with van der Waals surface area (Å²) in [7, 11) is 0. The maximum Gasteiger partial charge on any atom is 0.252 e. The van der Waals surface area contributed by atoms with E-state index in [2.05, 4.69) is 5.32 Å². The van der Waals surface area contributed by atoms with Crippen LogP contribution < -0.4 is 5.32 Å². The summed E-state index contributed by atoms with van der Waals surface area (Å²) >= 11 is 1.12. The van der Waals surface area contributed by atoms with Crippen molar-refractivity contribution < 1.29 is 9.59 Å². The molecule has 0 atom stereocenters. The topological polar surface area (TPSA) is 46.2 Å². The summed E-state index contributed by atoms with van der Waals surface area (Å²) in [6.07, 6.45) is 5.77. The number of nitrogens with one attached hydrogen (secondary N) is 1. The molecule has 4 heteroatoms. The van der Waals surface area contributed by atoms with Crippen LogP contribution in [0.4, 0.5) is 0 Å². The van der Waals surface area contributed by atoms with Gasteiger partial charge in [-0.3, -0.25) is 9.59 Å². The minimum absolute atomic E-state index is 0.00193. The van der Waals surface area contributed by atoms with Crippen LogP contribution in [0.1, 0.15) is 49.4 Å². The number of thioether (sulfide) groups is 1. The third-order valence-corrected chi connectivity index (χ3v) is 4.19. The van der Waals surface area contributed by atoms with Crippen LogP contribution in [0.2, 0.25) is 0 Å². The Kier molecular flexibility index (Phi) is 5.02. The molecule has 1 aromatic rings. The number of hydrogen-bond acceptors (Lipinski definition) is 3. The Morgan fingerprint density at radius 1 is 1.16 bits per heavy atom. The fourth-order valence-corrected chi connectivity index (χ4v) is 3.14. The van der Waals surface area contributed by atoms with E-state index >= 15 is 0 Å². The van der Waals surface area contributed by atoms with Crippen molar-refractivity contribution in [3.63, 3.8) is 0 Å². The fourth-order valence-electron chi connectivity index (χ4n) is 2.41. The van der Waals surface area contributed by atoms with Crippen LogP contribution in [0.5, 0.6) is 0 Å². The molecule has 3 nitrogen and oxygen atoms in total. The van der Waals surface area contributed by atoms with Crippen molar-refractivity contribution in [1.82, 2.24) is 5.32 Å². The van der Waals surface area contributed by atoms with Crippen LogP contribution in [0.15, 0.2) is 29.2 Å². The monoisotopic (exact) mass is 277 g/mol. The second kappa shape index (κ2) is 6.75. The van der Waals surface area contributed by atoms with Gasteiger partial charge in [0, 0.05) is 17.9 Å². The van der Waals surface area contributed by atoms with E-state index in [1.807, 2.05) is 18.2 Å². The van der Waals surface area contributed by atoms with E-state index < -0.39 is 0 Å². The smallest absolute Gasteiger partial charge is 0.252 e. The first-order chi connectivity index (χ1) is 9.16. The van der Waals surface area contributed by atoms with Gasteiger partial charge in [-0.2, -0.15) is 0 Å². The number of carbonyl (C=O) groups is 2. The molecular weight excluding hydrogens is 258 g/mol. The molecule has 0 spiro atoms. The van der Waals surface area contributed by atoms with E-state index in [9.17, 15) is 9.59 Å². The number of benzene rings is 1. The average molecular weight is 277 g/mol. The van der Waals surface area contributed by atoms with Crippen molar-refractivity contribution in [2.45, 2.75) is 50.0 Å². The van der Waals surface area contributed by atoms with Gasteiger partial charge in [0.25, 0.3) is 5.91 Å². The molecule has 1 fully saturated rings. The van der Waals surface area contributed by atoms with E-state index in [0.29, 0.717) is 5.56 Å². The number of carbonyl (C=O) groups excluding carboxylic acids is 2. The van der Waals surface area contributed by atoms with Crippen molar-refractivity contribution in [2.75, 3.05) is 0 Å². The summed E-state index contributed by atoms with van der Waals surface area (Å²) in [5.74, 6) is -0.0590. The molecule has 1 aliphatic carbocycles. The number of amides is 1. The second-order valence-electron chi connectivity index (χ2n) is 4.90. The number of hydrogen-bond donors (Lipinski definition) is 1. The van der Waals surface area contributed by atoms with E-state index in [1.54, 1.807) is 6.07 Å².